The number of ether oxygens (including phenoxy) is 2. The summed E-state index contributed by atoms with van der Waals surface area (Å²) >= 11 is 0. The van der Waals surface area contributed by atoms with Crippen molar-refractivity contribution in [2.24, 2.45) is 0 Å². The van der Waals surface area contributed by atoms with Gasteiger partial charge in [0.05, 0.1) is 6.61 Å². The molecular formula is C12H20N2O2. The SMILES string of the molecule is CCCCOCCOc1cc(N)c(C)cn1. The quantitative estimate of drug-likeness (QED) is 0.721. The molecule has 1 aromatic rings. The third-order valence-electron chi connectivity index (χ3n) is 2.24. The van der Waals surface area contributed by atoms with Gasteiger partial charge in [-0.3, -0.25) is 0 Å². The summed E-state index contributed by atoms with van der Waals surface area (Å²) in [6.07, 6.45) is 3.95. The minimum atomic E-state index is 0.513. The predicted molar refractivity (Wildman–Crippen MR) is 64.6 cm³/mol. The summed E-state index contributed by atoms with van der Waals surface area (Å²) in [6, 6.07) is 1.74. The molecule has 4 nitrogen and oxygen atoms in total. The van der Waals surface area contributed by atoms with E-state index < -0.39 is 0 Å². The Kier molecular flexibility index (Phi) is 5.64. The van der Waals surface area contributed by atoms with Crippen molar-refractivity contribution < 1.29 is 9.47 Å². The molecule has 0 saturated heterocycles. The molecule has 2 N–H and O–H groups in total. The molecular weight excluding hydrogens is 204 g/mol. The van der Waals surface area contributed by atoms with E-state index in [1.807, 2.05) is 6.92 Å². The van der Waals surface area contributed by atoms with Crippen LogP contribution in [0.4, 0.5) is 5.69 Å². The maximum Gasteiger partial charge on any atom is 0.215 e. The van der Waals surface area contributed by atoms with Gasteiger partial charge in [0.25, 0.3) is 0 Å². The molecule has 0 aromatic carbocycles. The maximum atomic E-state index is 5.74. The van der Waals surface area contributed by atoms with E-state index in [0.717, 1.165) is 25.0 Å². The Labute approximate surface area is 96.8 Å². The highest BCUT2D eigenvalue weighted by Crippen LogP contribution is 2.15. The summed E-state index contributed by atoms with van der Waals surface area (Å²) in [6.45, 7) is 5.96. The third-order valence-corrected chi connectivity index (χ3v) is 2.24. The van der Waals surface area contributed by atoms with Crippen LogP contribution >= 0.6 is 0 Å². The fourth-order valence-electron chi connectivity index (χ4n) is 1.15. The summed E-state index contributed by atoms with van der Waals surface area (Å²) in [7, 11) is 0. The van der Waals surface area contributed by atoms with E-state index in [1.54, 1.807) is 12.3 Å². The second-order valence-corrected chi connectivity index (χ2v) is 3.69. The van der Waals surface area contributed by atoms with E-state index in [4.69, 9.17) is 15.2 Å². The van der Waals surface area contributed by atoms with Crippen molar-refractivity contribution >= 4 is 5.69 Å². The van der Waals surface area contributed by atoms with Gasteiger partial charge in [0.1, 0.15) is 6.61 Å². The number of unbranched alkanes of at least 4 members (excludes halogenated alkanes) is 1. The highest BCUT2D eigenvalue weighted by Gasteiger charge is 1.99. The van der Waals surface area contributed by atoms with Crippen molar-refractivity contribution in [3.05, 3.63) is 17.8 Å². The van der Waals surface area contributed by atoms with Gasteiger partial charge in [0.15, 0.2) is 0 Å². The molecule has 0 aliphatic rings. The van der Waals surface area contributed by atoms with Crippen LogP contribution in [0.2, 0.25) is 0 Å². The van der Waals surface area contributed by atoms with Crippen molar-refractivity contribution in [1.82, 2.24) is 4.98 Å². The summed E-state index contributed by atoms with van der Waals surface area (Å²) in [5.41, 5.74) is 7.41. The van der Waals surface area contributed by atoms with Gasteiger partial charge in [-0.2, -0.15) is 0 Å². The van der Waals surface area contributed by atoms with Crippen molar-refractivity contribution in [2.45, 2.75) is 26.7 Å². The smallest absolute Gasteiger partial charge is 0.215 e. The Morgan fingerprint density at radius 3 is 2.81 bits per heavy atom. The molecule has 0 aliphatic carbocycles. The number of hydrogen-bond donors (Lipinski definition) is 1. The first-order valence-corrected chi connectivity index (χ1v) is 5.66. The van der Waals surface area contributed by atoms with Crippen molar-refractivity contribution in [1.29, 1.82) is 0 Å². The van der Waals surface area contributed by atoms with E-state index in [0.29, 0.717) is 24.8 Å². The number of rotatable bonds is 7. The van der Waals surface area contributed by atoms with Gasteiger partial charge in [-0.25, -0.2) is 4.98 Å². The largest absolute Gasteiger partial charge is 0.475 e. The van der Waals surface area contributed by atoms with Crippen LogP contribution in [0, 0.1) is 6.92 Å². The van der Waals surface area contributed by atoms with E-state index in [9.17, 15) is 0 Å². The zero-order valence-electron chi connectivity index (χ0n) is 10.0. The molecule has 0 radical (unpaired) electrons. The average molecular weight is 224 g/mol. The molecule has 0 aliphatic heterocycles. The van der Waals surface area contributed by atoms with Gasteiger partial charge in [0.2, 0.25) is 5.88 Å². The number of aryl methyl sites for hydroxylation is 1. The van der Waals surface area contributed by atoms with Crippen LogP contribution in [0.3, 0.4) is 0 Å². The summed E-state index contributed by atoms with van der Waals surface area (Å²) in [5, 5.41) is 0. The number of nitrogens with zero attached hydrogens (tertiary/aromatic N) is 1. The highest BCUT2D eigenvalue weighted by molar-refractivity contribution is 5.47. The second-order valence-electron chi connectivity index (χ2n) is 3.69. The van der Waals surface area contributed by atoms with Gasteiger partial charge >= 0.3 is 0 Å². The third kappa shape index (κ3) is 4.49. The number of hydrogen-bond acceptors (Lipinski definition) is 4. The van der Waals surface area contributed by atoms with Crippen LogP contribution < -0.4 is 10.5 Å². The number of aromatic nitrogens is 1. The highest BCUT2D eigenvalue weighted by atomic mass is 16.5. The van der Waals surface area contributed by atoms with E-state index >= 15 is 0 Å². The van der Waals surface area contributed by atoms with Gasteiger partial charge in [-0.1, -0.05) is 13.3 Å². The van der Waals surface area contributed by atoms with Crippen LogP contribution in [-0.4, -0.2) is 24.8 Å². The lowest BCUT2D eigenvalue weighted by Crippen LogP contribution is -2.08. The fourth-order valence-corrected chi connectivity index (χ4v) is 1.15. The average Bonchev–Trinajstić information content (AvgIpc) is 2.28. The number of nitrogen functional groups attached to an aromatic ring is 1. The lowest BCUT2D eigenvalue weighted by Gasteiger charge is -2.07. The Morgan fingerprint density at radius 2 is 2.12 bits per heavy atom. The first-order chi connectivity index (χ1) is 7.74. The van der Waals surface area contributed by atoms with Crippen LogP contribution in [0.15, 0.2) is 12.3 Å². The Hall–Kier alpha value is -1.29. The molecule has 16 heavy (non-hydrogen) atoms. The number of pyridine rings is 1. The Bertz CT molecular complexity index is 316. The molecule has 0 atom stereocenters. The van der Waals surface area contributed by atoms with E-state index in [2.05, 4.69) is 11.9 Å². The standard InChI is InChI=1S/C12H20N2O2/c1-3-4-5-15-6-7-16-12-8-11(13)10(2)9-14-12/h8-9H,3-7H2,1-2H3,(H2,13,14). The van der Waals surface area contributed by atoms with E-state index in [1.165, 1.54) is 0 Å². The maximum absolute atomic E-state index is 5.74. The molecule has 4 heteroatoms. The van der Waals surface area contributed by atoms with Crippen molar-refractivity contribution in [3.8, 4) is 5.88 Å². The van der Waals surface area contributed by atoms with Crippen LogP contribution in [-0.2, 0) is 4.74 Å². The molecule has 1 aromatic heterocycles. The minimum Gasteiger partial charge on any atom is -0.475 e. The Morgan fingerprint density at radius 1 is 1.31 bits per heavy atom. The monoisotopic (exact) mass is 224 g/mol. The zero-order chi connectivity index (χ0) is 11.8. The normalized spacial score (nSPS) is 10.4. The van der Waals surface area contributed by atoms with Crippen molar-refractivity contribution in [2.75, 3.05) is 25.6 Å². The molecule has 0 bridgehead atoms. The predicted octanol–water partition coefficient (Wildman–Crippen LogP) is 2.17. The molecule has 0 fully saturated rings. The van der Waals surface area contributed by atoms with Gasteiger partial charge < -0.3 is 15.2 Å². The second kappa shape index (κ2) is 7.06. The fraction of sp³-hybridized carbons (Fsp3) is 0.583. The molecule has 1 heterocycles. The van der Waals surface area contributed by atoms with Gasteiger partial charge in [-0.05, 0) is 18.9 Å². The summed E-state index contributed by atoms with van der Waals surface area (Å²) in [5.74, 6) is 0.558. The molecule has 90 valence electrons. The topological polar surface area (TPSA) is 57.4 Å². The lowest BCUT2D eigenvalue weighted by atomic mass is 10.3. The van der Waals surface area contributed by atoms with Gasteiger partial charge in [-0.15, -0.1) is 0 Å². The lowest BCUT2D eigenvalue weighted by molar-refractivity contribution is 0.0965. The molecule has 1 rings (SSSR count). The van der Waals surface area contributed by atoms with Crippen LogP contribution in [0.5, 0.6) is 5.88 Å². The van der Waals surface area contributed by atoms with Gasteiger partial charge in [0, 0.05) is 24.6 Å². The van der Waals surface area contributed by atoms with Crippen LogP contribution in [0.25, 0.3) is 0 Å². The first-order valence-electron chi connectivity index (χ1n) is 5.66. The van der Waals surface area contributed by atoms with E-state index in [-0.39, 0.29) is 0 Å². The molecule has 0 spiro atoms. The van der Waals surface area contributed by atoms with Crippen LogP contribution in [0.1, 0.15) is 25.3 Å². The number of anilines is 1. The molecule has 0 amide bonds. The minimum absolute atomic E-state index is 0.513. The Balaban J connectivity index is 2.19. The first kappa shape index (κ1) is 12.8. The number of nitrogens with two attached hydrogens (primary N) is 1. The van der Waals surface area contributed by atoms with Crippen molar-refractivity contribution in [3.63, 3.8) is 0 Å². The molecule has 0 unspecified atom stereocenters. The summed E-state index contributed by atoms with van der Waals surface area (Å²) in [4.78, 5) is 4.12. The summed E-state index contributed by atoms with van der Waals surface area (Å²) < 4.78 is 10.8. The zero-order valence-corrected chi connectivity index (χ0v) is 10.0. The molecule has 0 saturated carbocycles.